The van der Waals surface area contributed by atoms with Crippen LogP contribution in [0.1, 0.15) is 35.7 Å². The highest BCUT2D eigenvalue weighted by Crippen LogP contribution is 2.33. The van der Waals surface area contributed by atoms with E-state index in [1.807, 2.05) is 11.4 Å². The normalized spacial score (nSPS) is 28.2. The number of carbonyl (C=O) groups excluding carboxylic acids is 1. The molecule has 1 saturated heterocycles. The van der Waals surface area contributed by atoms with Gasteiger partial charge in [-0.25, -0.2) is 9.59 Å². The zero-order valence-electron chi connectivity index (χ0n) is 11.5. The Bertz CT molecular complexity index is 559. The summed E-state index contributed by atoms with van der Waals surface area (Å²) in [6.07, 6.45) is 2.25. The minimum absolute atomic E-state index is 0.0558. The van der Waals surface area contributed by atoms with Crippen LogP contribution in [0.25, 0.3) is 0 Å². The molecule has 2 amide bonds. The third-order valence-corrected chi connectivity index (χ3v) is 5.17. The maximum absolute atomic E-state index is 12.3. The van der Waals surface area contributed by atoms with Crippen LogP contribution >= 0.6 is 11.3 Å². The van der Waals surface area contributed by atoms with Crippen LogP contribution in [0.5, 0.6) is 0 Å². The van der Waals surface area contributed by atoms with E-state index < -0.39 is 24.1 Å². The van der Waals surface area contributed by atoms with Crippen molar-refractivity contribution >= 4 is 23.3 Å². The summed E-state index contributed by atoms with van der Waals surface area (Å²) in [7, 11) is 0. The fourth-order valence-corrected chi connectivity index (χ4v) is 4.13. The van der Waals surface area contributed by atoms with Crippen molar-refractivity contribution in [3.63, 3.8) is 0 Å². The summed E-state index contributed by atoms with van der Waals surface area (Å²) < 4.78 is 0. The van der Waals surface area contributed by atoms with Gasteiger partial charge in [0.25, 0.3) is 0 Å². The second-order valence-corrected chi connectivity index (χ2v) is 6.59. The summed E-state index contributed by atoms with van der Waals surface area (Å²) in [4.78, 5) is 26.1. The van der Waals surface area contributed by atoms with Crippen molar-refractivity contribution in [2.24, 2.45) is 0 Å². The number of thiophene rings is 1. The molecule has 21 heavy (non-hydrogen) atoms. The van der Waals surface area contributed by atoms with Crippen LogP contribution in [0, 0.1) is 0 Å². The van der Waals surface area contributed by atoms with Crippen molar-refractivity contribution in [3.8, 4) is 0 Å². The summed E-state index contributed by atoms with van der Waals surface area (Å²) in [5, 5.41) is 23.7. The summed E-state index contributed by atoms with van der Waals surface area (Å²) in [6, 6.07) is 0.630. The van der Waals surface area contributed by atoms with Gasteiger partial charge in [0.15, 0.2) is 0 Å². The maximum Gasteiger partial charge on any atom is 0.326 e. The molecule has 3 rings (SSSR count). The summed E-state index contributed by atoms with van der Waals surface area (Å²) in [5.74, 6) is -1.07. The van der Waals surface area contributed by atoms with E-state index in [0.29, 0.717) is 0 Å². The van der Waals surface area contributed by atoms with Gasteiger partial charge < -0.3 is 20.4 Å². The fraction of sp³-hybridized carbons (Fsp3) is 0.571. The molecule has 0 saturated carbocycles. The second-order valence-electron chi connectivity index (χ2n) is 5.59. The zero-order valence-corrected chi connectivity index (χ0v) is 12.3. The lowest BCUT2D eigenvalue weighted by molar-refractivity contribution is -0.141. The number of aliphatic carboxylic acids is 1. The minimum atomic E-state index is -1.07. The second kappa shape index (κ2) is 5.65. The van der Waals surface area contributed by atoms with Crippen LogP contribution in [0.4, 0.5) is 4.79 Å². The first kappa shape index (κ1) is 14.3. The molecular formula is C14H18N2O4S. The van der Waals surface area contributed by atoms with Gasteiger partial charge in [0.05, 0.1) is 12.1 Å². The van der Waals surface area contributed by atoms with E-state index in [1.165, 1.54) is 9.78 Å². The van der Waals surface area contributed by atoms with E-state index in [2.05, 4.69) is 5.32 Å². The molecular weight excluding hydrogens is 292 g/mol. The molecule has 114 valence electrons. The number of aliphatic hydroxyl groups excluding tert-OH is 1. The Kier molecular flexibility index (Phi) is 3.86. The lowest BCUT2D eigenvalue weighted by atomic mass is 9.94. The Morgan fingerprint density at radius 2 is 2.24 bits per heavy atom. The number of carboxylic acids is 1. The number of nitrogens with zero attached hydrogens (tertiary/aromatic N) is 1. The van der Waals surface area contributed by atoms with E-state index in [1.54, 1.807) is 11.3 Å². The Hall–Kier alpha value is -1.60. The molecule has 1 aliphatic heterocycles. The van der Waals surface area contributed by atoms with Crippen molar-refractivity contribution < 1.29 is 19.8 Å². The van der Waals surface area contributed by atoms with Crippen LogP contribution in [0.15, 0.2) is 11.4 Å². The van der Waals surface area contributed by atoms with E-state index >= 15 is 0 Å². The topological polar surface area (TPSA) is 89.9 Å². The summed E-state index contributed by atoms with van der Waals surface area (Å²) >= 11 is 1.70. The van der Waals surface area contributed by atoms with Crippen LogP contribution < -0.4 is 5.32 Å². The number of aliphatic hydroxyl groups is 1. The van der Waals surface area contributed by atoms with E-state index in [-0.39, 0.29) is 19.0 Å². The highest BCUT2D eigenvalue weighted by molar-refractivity contribution is 7.10. The number of carbonyl (C=O) groups is 2. The number of hydrogen-bond donors (Lipinski definition) is 3. The molecule has 3 N–H and O–H groups in total. The standard InChI is InChI=1S/C14H18N2O4S/c17-8-6-11(13(18)19)16(7-8)14(20)15-10-2-1-3-12-9(10)4-5-21-12/h4-5,8,10-11,17H,1-3,6-7H2,(H,15,20)(H,18,19)/t8-,10?,11-/m1/s1. The molecule has 1 aromatic rings. The van der Waals surface area contributed by atoms with Crippen molar-refractivity contribution in [1.29, 1.82) is 0 Å². The zero-order chi connectivity index (χ0) is 15.0. The Morgan fingerprint density at radius 3 is 3.00 bits per heavy atom. The first-order valence-electron chi connectivity index (χ1n) is 7.10. The first-order chi connectivity index (χ1) is 10.1. The van der Waals surface area contributed by atoms with Gasteiger partial charge in [-0.15, -0.1) is 11.3 Å². The molecule has 1 fully saturated rings. The number of carboxylic acid groups (broad SMARTS) is 1. The number of hydrogen-bond acceptors (Lipinski definition) is 4. The average molecular weight is 310 g/mol. The predicted molar refractivity (Wildman–Crippen MR) is 77.3 cm³/mol. The molecule has 0 aromatic carbocycles. The molecule has 7 heteroatoms. The predicted octanol–water partition coefficient (Wildman–Crippen LogP) is 1.35. The number of likely N-dealkylation sites (tertiary alicyclic amines) is 1. The van der Waals surface area contributed by atoms with E-state index in [4.69, 9.17) is 5.11 Å². The first-order valence-corrected chi connectivity index (χ1v) is 7.98. The average Bonchev–Trinajstić information content (AvgIpc) is 3.05. The number of urea groups is 1. The van der Waals surface area contributed by atoms with Crippen LogP contribution in [0.2, 0.25) is 0 Å². The molecule has 0 spiro atoms. The molecule has 1 aromatic heterocycles. The SMILES string of the molecule is O=C(O)[C@H]1C[C@@H](O)CN1C(=O)NC1CCCc2sccc21. The number of nitrogens with one attached hydrogen (secondary N) is 1. The lowest BCUT2D eigenvalue weighted by Crippen LogP contribution is -2.47. The fourth-order valence-electron chi connectivity index (χ4n) is 3.14. The number of fused-ring (bicyclic) bond motifs is 1. The van der Waals surface area contributed by atoms with Crippen LogP contribution in [-0.4, -0.2) is 45.8 Å². The van der Waals surface area contributed by atoms with Gasteiger partial charge in [-0.2, -0.15) is 0 Å². The quantitative estimate of drug-likeness (QED) is 0.769. The Balaban J connectivity index is 1.71. The molecule has 1 aliphatic carbocycles. The minimum Gasteiger partial charge on any atom is -0.480 e. The summed E-state index contributed by atoms with van der Waals surface area (Å²) in [6.45, 7) is 0.0754. The Morgan fingerprint density at radius 1 is 1.43 bits per heavy atom. The van der Waals surface area contributed by atoms with Gasteiger partial charge in [0, 0.05) is 17.8 Å². The molecule has 0 bridgehead atoms. The highest BCUT2D eigenvalue weighted by Gasteiger charge is 2.39. The molecule has 0 radical (unpaired) electrons. The third-order valence-electron chi connectivity index (χ3n) is 4.17. The molecule has 6 nitrogen and oxygen atoms in total. The van der Waals surface area contributed by atoms with Gasteiger partial charge in [-0.3, -0.25) is 0 Å². The lowest BCUT2D eigenvalue weighted by Gasteiger charge is -2.28. The van der Waals surface area contributed by atoms with Crippen LogP contribution in [0.3, 0.4) is 0 Å². The van der Waals surface area contributed by atoms with E-state index in [0.717, 1.165) is 24.8 Å². The van der Waals surface area contributed by atoms with Crippen molar-refractivity contribution in [1.82, 2.24) is 10.2 Å². The maximum atomic E-state index is 12.3. The summed E-state index contributed by atoms with van der Waals surface area (Å²) in [5.41, 5.74) is 1.14. The number of β-amino-alcohol motifs (C(OH)–C–C–N with tert-alkyl or cyclic N) is 1. The smallest absolute Gasteiger partial charge is 0.326 e. The number of aryl methyl sites for hydroxylation is 1. The molecule has 1 unspecified atom stereocenters. The highest BCUT2D eigenvalue weighted by atomic mass is 32.1. The van der Waals surface area contributed by atoms with Gasteiger partial charge in [-0.1, -0.05) is 0 Å². The van der Waals surface area contributed by atoms with Crippen LogP contribution in [-0.2, 0) is 11.2 Å². The van der Waals surface area contributed by atoms with Crippen molar-refractivity contribution in [2.75, 3.05) is 6.54 Å². The van der Waals surface area contributed by atoms with Gasteiger partial charge >= 0.3 is 12.0 Å². The molecule has 3 atom stereocenters. The third kappa shape index (κ3) is 2.75. The van der Waals surface area contributed by atoms with Crippen molar-refractivity contribution in [2.45, 2.75) is 43.9 Å². The molecule has 2 aliphatic rings. The van der Waals surface area contributed by atoms with Gasteiger partial charge in [0.1, 0.15) is 6.04 Å². The van der Waals surface area contributed by atoms with Gasteiger partial charge in [0.2, 0.25) is 0 Å². The largest absolute Gasteiger partial charge is 0.480 e. The Labute approximate surface area is 126 Å². The van der Waals surface area contributed by atoms with E-state index in [9.17, 15) is 14.7 Å². The van der Waals surface area contributed by atoms with Gasteiger partial charge in [-0.05, 0) is 36.3 Å². The monoisotopic (exact) mass is 310 g/mol. The van der Waals surface area contributed by atoms with Crippen molar-refractivity contribution in [3.05, 3.63) is 21.9 Å². The number of amides is 2. The number of rotatable bonds is 2. The molecule has 2 heterocycles.